The van der Waals surface area contributed by atoms with Crippen molar-refractivity contribution in [1.29, 1.82) is 0 Å². The fourth-order valence-electron chi connectivity index (χ4n) is 17.5. The van der Waals surface area contributed by atoms with E-state index in [4.69, 9.17) is 39.4 Å². The molecule has 12 aromatic carbocycles. The normalized spacial score (nSPS) is 14.5. The first-order valence-electron chi connectivity index (χ1n) is 45.8. The summed E-state index contributed by atoms with van der Waals surface area (Å²) < 4.78 is 29.2. The topological polar surface area (TPSA) is 167 Å². The van der Waals surface area contributed by atoms with Gasteiger partial charge in [0.2, 0.25) is 0 Å². The quantitative estimate of drug-likeness (QED) is 0.116. The fraction of sp³-hybridized carbons (Fsp3) is 0.379. The Morgan fingerprint density at radius 2 is 0.297 bits per heavy atom. The average molecular weight is 1710 g/mol. The predicted octanol–water partition coefficient (Wildman–Crippen LogP) is 29.7. The Morgan fingerprint density at radius 1 is 0.180 bits per heavy atom. The summed E-state index contributed by atoms with van der Waals surface area (Å²) in [5.74, 6) is 3.77. The maximum Gasteiger partial charge on any atom is 0.126 e. The zero-order valence-electron chi connectivity index (χ0n) is 80.2. The summed E-state index contributed by atoms with van der Waals surface area (Å²) in [6.45, 7) is 54.5. The van der Waals surface area contributed by atoms with Crippen LogP contribution in [0.25, 0.3) is 0 Å². The Bertz CT molecular complexity index is 5310. The van der Waals surface area contributed by atoms with Crippen molar-refractivity contribution in [3.63, 3.8) is 0 Å². The van der Waals surface area contributed by atoms with Crippen LogP contribution in [-0.2, 0) is 121 Å². The van der Waals surface area contributed by atoms with Crippen molar-refractivity contribution >= 4 is 22.7 Å². The van der Waals surface area contributed by atoms with Crippen LogP contribution in [0, 0.1) is 0 Å². The number of rotatable bonds is 0. The lowest BCUT2D eigenvalue weighted by Gasteiger charge is -2.28. The van der Waals surface area contributed by atoms with Gasteiger partial charge in [0.1, 0.15) is 72.4 Å². The minimum absolute atomic E-state index is 0.224. The first-order valence-corrected chi connectivity index (χ1v) is 45.8. The third kappa shape index (κ3) is 20.7. The lowest BCUT2D eigenvalue weighted by Crippen LogP contribution is -2.16. The summed E-state index contributed by atoms with van der Waals surface area (Å²) in [5.41, 5.74) is 26.7. The molecular formula is C116H132N4O8. The van der Waals surface area contributed by atoms with Gasteiger partial charge in [-0.25, -0.2) is 0 Å². The van der Waals surface area contributed by atoms with E-state index in [1.54, 1.807) is 0 Å². The van der Waals surface area contributed by atoms with Crippen LogP contribution in [0.2, 0.25) is 0 Å². The van der Waals surface area contributed by atoms with Crippen molar-refractivity contribution in [2.24, 2.45) is 20.5 Å². The molecule has 14 aliphatic heterocycles. The molecule has 12 nitrogen and oxygen atoms in total. The standard InChI is InChI=1S/C116H132N4O8/c1-109(2,3)89-49-73-41-81-57-93(113(13,14)15)59-83-43-75-51-90(110(4,5)6)52-76(102(75)122)44-84-60-94(114(16,17)18)58-82(42-74(50-89)101(73)121)106(84)126-66-70-27-35-98(36-28-70)118-120-100-39-31-72(32-40-100)68-128-108-86-46-78-54-91(111(7,8)9)53-77(103(78)123)45-85-61-95(115(19,20)21)63-87(47-79-55-92(112(10,11)12)56-80(104(79)124)48-88(108)64-96(62-86)116(22,23)24)107(85)127-67-71-29-37-99(38-30-71)119-117-97-33-25-69(26-34-97)65-125-105(81)83/h25-40,49-64,121-124H,41-48,65-68H2,1-24H3. The molecule has 0 unspecified atom stereocenters. The van der Waals surface area contributed by atoms with Crippen LogP contribution in [0.3, 0.4) is 0 Å². The molecule has 0 fully saturated rings. The zero-order valence-corrected chi connectivity index (χ0v) is 80.2. The van der Waals surface area contributed by atoms with Gasteiger partial charge in [-0.05, 0) is 248 Å². The summed E-state index contributed by atoms with van der Waals surface area (Å²) >= 11 is 0. The van der Waals surface area contributed by atoms with E-state index in [9.17, 15) is 20.4 Å². The van der Waals surface area contributed by atoms with E-state index in [0.717, 1.165) is 156 Å². The summed E-state index contributed by atoms with van der Waals surface area (Å²) in [5, 5.41) is 72.0. The number of aromatic hydroxyl groups is 4. The molecule has 0 saturated carbocycles. The van der Waals surface area contributed by atoms with Crippen LogP contribution in [-0.4, -0.2) is 20.4 Å². The molecule has 0 amide bonds. The molecule has 28 rings (SSSR count). The molecule has 0 radical (unpaired) electrons. The maximum atomic E-state index is 13.2. The van der Waals surface area contributed by atoms with E-state index in [2.05, 4.69) is 263 Å². The van der Waals surface area contributed by atoms with Crippen LogP contribution in [0.4, 0.5) is 22.7 Å². The van der Waals surface area contributed by atoms with Gasteiger partial charge in [0.05, 0.1) is 22.7 Å². The summed E-state index contributed by atoms with van der Waals surface area (Å²) in [6, 6.07) is 67.7. The summed E-state index contributed by atoms with van der Waals surface area (Å²) in [7, 11) is 0. The minimum atomic E-state index is -0.295. The van der Waals surface area contributed by atoms with Gasteiger partial charge >= 0.3 is 0 Å². The lowest BCUT2D eigenvalue weighted by molar-refractivity contribution is 0.299. The molecule has 0 atom stereocenters. The summed E-state index contributed by atoms with van der Waals surface area (Å²) in [6.07, 6.45) is 2.88. The molecule has 14 heterocycles. The van der Waals surface area contributed by atoms with Gasteiger partial charge < -0.3 is 39.4 Å². The highest BCUT2D eigenvalue weighted by molar-refractivity contribution is 5.64. The molecule has 0 spiro atoms. The van der Waals surface area contributed by atoms with Gasteiger partial charge in [0.15, 0.2) is 0 Å². The number of benzene rings is 12. The van der Waals surface area contributed by atoms with Crippen LogP contribution in [0.1, 0.15) is 322 Å². The highest BCUT2D eigenvalue weighted by Crippen LogP contribution is 2.49. The van der Waals surface area contributed by atoms with E-state index in [1.807, 2.05) is 97.1 Å². The first-order chi connectivity index (χ1) is 60.0. The highest BCUT2D eigenvalue weighted by atomic mass is 16.5. The van der Waals surface area contributed by atoms with Gasteiger partial charge in [0.25, 0.3) is 0 Å². The van der Waals surface area contributed by atoms with Gasteiger partial charge in [-0.3, -0.25) is 0 Å². The zero-order chi connectivity index (χ0) is 91.9. The Balaban J connectivity index is 0.877. The molecule has 28 bridgehead atoms. The van der Waals surface area contributed by atoms with Crippen molar-refractivity contribution in [2.75, 3.05) is 0 Å². The highest BCUT2D eigenvalue weighted by Gasteiger charge is 2.34. The van der Waals surface area contributed by atoms with Crippen LogP contribution in [0.15, 0.2) is 215 Å². The van der Waals surface area contributed by atoms with Gasteiger partial charge in [-0.2, -0.15) is 20.5 Å². The maximum absolute atomic E-state index is 13.2. The van der Waals surface area contributed by atoms with Crippen LogP contribution < -0.4 is 18.9 Å². The van der Waals surface area contributed by atoms with Gasteiger partial charge in [-0.15, -0.1) is 0 Å². The largest absolute Gasteiger partial charge is 0.507 e. The number of hydrogen-bond acceptors (Lipinski definition) is 12. The third-order valence-electron chi connectivity index (χ3n) is 25.9. The van der Waals surface area contributed by atoms with E-state index < -0.39 is 0 Å². The molecule has 664 valence electrons. The second kappa shape index (κ2) is 34.7. The van der Waals surface area contributed by atoms with E-state index in [0.29, 0.717) is 97.1 Å². The Labute approximate surface area is 761 Å². The number of phenolic OH excluding ortho intramolecular Hbond substituents is 4. The monoisotopic (exact) mass is 1710 g/mol. The van der Waals surface area contributed by atoms with Crippen molar-refractivity contribution in [2.45, 2.75) is 287 Å². The average Bonchev–Trinajstić information content (AvgIpc) is 0.762. The van der Waals surface area contributed by atoms with Crippen molar-refractivity contribution < 1.29 is 39.4 Å². The SMILES string of the molecule is CC(C)(C)c1cc2c(O)c(c1)Cc1cc(C(C)(C)C)cc3c1OCc1ccc(cc1)N=Nc1ccc(cc1)COc1c4cc(C(C)(C)C)cc1Cc1cc(C(C)(C)C)cc(c1O)Cc1cc(C(C)(C)C)cc(c1OCc1ccc(cc1)N=Nc1ccc(cc1)COc1c(cc(C(C)(C)C)cc1Cc1cc(C(C)(C)C)cc(c1O)C3)C2)Cc1cc(C(C)(C)C)cc(c1O)C4. The smallest absolute Gasteiger partial charge is 0.126 e. The second-order valence-electron chi connectivity index (χ2n) is 44.7. The molecule has 128 heavy (non-hydrogen) atoms. The van der Waals surface area contributed by atoms with E-state index in [-0.39, 0.29) is 92.7 Å². The van der Waals surface area contributed by atoms with Crippen molar-refractivity contribution in [1.82, 2.24) is 0 Å². The fourth-order valence-corrected chi connectivity index (χ4v) is 17.5. The number of hydrogen-bond donors (Lipinski definition) is 4. The molecule has 2 aliphatic carbocycles. The first kappa shape index (κ1) is 91.0. The number of azo groups is 2. The molecule has 0 saturated heterocycles. The number of phenols is 4. The van der Waals surface area contributed by atoms with E-state index in [1.165, 1.54) is 0 Å². The third-order valence-corrected chi connectivity index (χ3v) is 25.9. The van der Waals surface area contributed by atoms with Crippen molar-refractivity contribution in [3.05, 3.63) is 350 Å². The Hall–Kier alpha value is -11.8. The summed E-state index contributed by atoms with van der Waals surface area (Å²) in [4.78, 5) is 0. The van der Waals surface area contributed by atoms with Gasteiger partial charge in [-0.1, -0.05) is 312 Å². The number of ether oxygens (including phenoxy) is 4. The Kier molecular flexibility index (Phi) is 24.7. The van der Waals surface area contributed by atoms with Crippen LogP contribution >= 0.6 is 0 Å². The predicted molar refractivity (Wildman–Crippen MR) is 522 cm³/mol. The minimum Gasteiger partial charge on any atom is -0.507 e. The van der Waals surface area contributed by atoms with Crippen LogP contribution in [0.5, 0.6) is 46.0 Å². The molecule has 4 N–H and O–H groups in total. The second-order valence-corrected chi connectivity index (χ2v) is 44.7. The molecule has 16 aliphatic rings. The lowest BCUT2D eigenvalue weighted by atomic mass is 9.79. The number of fused-ring (bicyclic) bond motifs is 2. The van der Waals surface area contributed by atoms with Gasteiger partial charge in [0, 0.05) is 51.4 Å². The molecule has 12 heteroatoms. The number of nitrogens with zero attached hydrogens (tertiary/aromatic N) is 4. The van der Waals surface area contributed by atoms with E-state index >= 15 is 0 Å². The molecule has 12 aromatic rings. The molecule has 0 aromatic heterocycles. The van der Waals surface area contributed by atoms with Crippen molar-refractivity contribution in [3.8, 4) is 46.0 Å². The Morgan fingerprint density at radius 3 is 0.414 bits per heavy atom. The molecular weight excluding hydrogens is 1580 g/mol.